The number of amides is 1. The molecule has 9 heteroatoms. The number of esters is 2. The van der Waals surface area contributed by atoms with E-state index >= 15 is 0 Å². The van der Waals surface area contributed by atoms with Gasteiger partial charge >= 0.3 is 11.9 Å². The molecule has 0 bridgehead atoms. The van der Waals surface area contributed by atoms with E-state index in [4.69, 9.17) is 18.9 Å². The van der Waals surface area contributed by atoms with Crippen molar-refractivity contribution in [3.63, 3.8) is 0 Å². The van der Waals surface area contributed by atoms with Gasteiger partial charge in [0.2, 0.25) is 12.7 Å². The van der Waals surface area contributed by atoms with Crippen molar-refractivity contribution in [1.82, 2.24) is 0 Å². The number of hydrogen-bond acceptors (Lipinski definition) is 8. The number of rotatable bonds is 7. The highest BCUT2D eigenvalue weighted by atomic mass is 32.1. The van der Waals surface area contributed by atoms with Crippen LogP contribution in [-0.2, 0) is 14.3 Å². The Labute approximate surface area is 177 Å². The maximum absolute atomic E-state index is 12.5. The molecule has 0 spiro atoms. The number of hydrogen-bond donors (Lipinski definition) is 1. The second-order valence-corrected chi connectivity index (χ2v) is 7.16. The summed E-state index contributed by atoms with van der Waals surface area (Å²) in [5, 5.41) is 2.89. The lowest BCUT2D eigenvalue weighted by atomic mass is 10.1. The van der Waals surface area contributed by atoms with Crippen LogP contribution in [0, 0.1) is 6.92 Å². The number of carbonyl (C=O) groups is 3. The minimum atomic E-state index is -0.614. The first-order valence-electron chi connectivity index (χ1n) is 9.30. The quantitative estimate of drug-likeness (QED) is 0.526. The first-order valence-corrected chi connectivity index (χ1v) is 10.1. The molecule has 0 unspecified atom stereocenters. The van der Waals surface area contributed by atoms with Crippen LogP contribution in [0.25, 0.3) is 6.08 Å². The number of carbonyl (C=O) groups excluding carboxylic acids is 3. The van der Waals surface area contributed by atoms with Gasteiger partial charge in [0.05, 0.1) is 18.8 Å². The van der Waals surface area contributed by atoms with Gasteiger partial charge in [0.25, 0.3) is 0 Å². The van der Waals surface area contributed by atoms with E-state index < -0.39 is 17.8 Å². The number of ether oxygens (including phenoxy) is 4. The molecule has 30 heavy (non-hydrogen) atoms. The van der Waals surface area contributed by atoms with Crippen molar-refractivity contribution in [2.75, 3.05) is 25.3 Å². The number of thiophene rings is 1. The molecule has 0 fully saturated rings. The van der Waals surface area contributed by atoms with Crippen LogP contribution in [-0.4, -0.2) is 37.9 Å². The molecule has 0 atom stereocenters. The SMILES string of the molecule is CCOC(=O)c1sc(NC(=O)C=Cc2ccc3c(c2)OCO3)c(C(=O)OCC)c1C. The summed E-state index contributed by atoms with van der Waals surface area (Å²) in [5.74, 6) is -0.375. The van der Waals surface area contributed by atoms with E-state index in [1.165, 1.54) is 6.08 Å². The molecule has 2 heterocycles. The van der Waals surface area contributed by atoms with Crippen LogP contribution >= 0.6 is 11.3 Å². The molecule has 3 rings (SSSR count). The van der Waals surface area contributed by atoms with Crippen molar-refractivity contribution in [2.45, 2.75) is 20.8 Å². The van der Waals surface area contributed by atoms with Crippen LogP contribution in [0.3, 0.4) is 0 Å². The van der Waals surface area contributed by atoms with Gasteiger partial charge in [-0.1, -0.05) is 6.07 Å². The number of fused-ring (bicyclic) bond motifs is 1. The maximum atomic E-state index is 12.5. The van der Waals surface area contributed by atoms with Gasteiger partial charge in [0.1, 0.15) is 9.88 Å². The van der Waals surface area contributed by atoms with E-state index in [-0.39, 0.29) is 35.4 Å². The smallest absolute Gasteiger partial charge is 0.348 e. The normalized spacial score (nSPS) is 12.1. The molecule has 0 saturated carbocycles. The van der Waals surface area contributed by atoms with E-state index in [0.717, 1.165) is 16.9 Å². The van der Waals surface area contributed by atoms with Gasteiger partial charge in [-0.15, -0.1) is 11.3 Å². The minimum absolute atomic E-state index is 0.148. The Morgan fingerprint density at radius 3 is 2.53 bits per heavy atom. The molecule has 8 nitrogen and oxygen atoms in total. The van der Waals surface area contributed by atoms with Crippen LogP contribution < -0.4 is 14.8 Å². The molecule has 0 radical (unpaired) electrons. The lowest BCUT2D eigenvalue weighted by molar-refractivity contribution is -0.111. The highest BCUT2D eigenvalue weighted by Crippen LogP contribution is 2.35. The zero-order valence-corrected chi connectivity index (χ0v) is 17.6. The van der Waals surface area contributed by atoms with Gasteiger partial charge in [-0.25, -0.2) is 9.59 Å². The van der Waals surface area contributed by atoms with Crippen molar-refractivity contribution in [3.8, 4) is 11.5 Å². The largest absolute Gasteiger partial charge is 0.462 e. The average molecular weight is 431 g/mol. The number of benzene rings is 1. The summed E-state index contributed by atoms with van der Waals surface area (Å²) in [4.78, 5) is 37.3. The summed E-state index contributed by atoms with van der Waals surface area (Å²) in [6.07, 6.45) is 2.93. The molecular formula is C21H21NO7S. The Morgan fingerprint density at radius 2 is 1.80 bits per heavy atom. The summed E-state index contributed by atoms with van der Waals surface area (Å²) in [6.45, 7) is 5.52. The van der Waals surface area contributed by atoms with Crippen molar-refractivity contribution < 1.29 is 33.3 Å². The minimum Gasteiger partial charge on any atom is -0.462 e. The Balaban J connectivity index is 1.81. The van der Waals surface area contributed by atoms with Gasteiger partial charge in [-0.05, 0) is 50.1 Å². The molecule has 158 valence electrons. The third kappa shape index (κ3) is 4.62. The van der Waals surface area contributed by atoms with Crippen LogP contribution in [0.15, 0.2) is 24.3 Å². The van der Waals surface area contributed by atoms with Gasteiger partial charge in [-0.3, -0.25) is 4.79 Å². The fourth-order valence-corrected chi connectivity index (χ4v) is 3.88. The molecule has 1 N–H and O–H groups in total. The monoisotopic (exact) mass is 431 g/mol. The van der Waals surface area contributed by atoms with Crippen molar-refractivity contribution in [1.29, 1.82) is 0 Å². The van der Waals surface area contributed by atoms with E-state index in [9.17, 15) is 14.4 Å². The zero-order valence-electron chi connectivity index (χ0n) is 16.8. The van der Waals surface area contributed by atoms with Crippen LogP contribution in [0.1, 0.15) is 45.0 Å². The van der Waals surface area contributed by atoms with Crippen molar-refractivity contribution >= 4 is 40.3 Å². The highest BCUT2D eigenvalue weighted by Gasteiger charge is 2.27. The van der Waals surface area contributed by atoms with Gasteiger partial charge < -0.3 is 24.3 Å². The third-order valence-electron chi connectivity index (χ3n) is 4.15. The van der Waals surface area contributed by atoms with Gasteiger partial charge in [-0.2, -0.15) is 0 Å². The summed E-state index contributed by atoms with van der Waals surface area (Å²) >= 11 is 0.977. The van der Waals surface area contributed by atoms with Gasteiger partial charge in [0, 0.05) is 6.08 Å². The fourth-order valence-electron chi connectivity index (χ4n) is 2.78. The van der Waals surface area contributed by atoms with E-state index in [2.05, 4.69) is 5.32 Å². The van der Waals surface area contributed by atoms with E-state index in [1.807, 2.05) is 0 Å². The molecule has 0 aliphatic carbocycles. The molecule has 1 aromatic heterocycles. The predicted octanol–water partition coefficient (Wildman–Crippen LogP) is 3.79. The first kappa shape index (κ1) is 21.4. The first-order chi connectivity index (χ1) is 14.4. The Morgan fingerprint density at radius 1 is 1.10 bits per heavy atom. The van der Waals surface area contributed by atoms with Crippen LogP contribution in [0.2, 0.25) is 0 Å². The van der Waals surface area contributed by atoms with E-state index in [1.54, 1.807) is 45.0 Å². The Hall–Kier alpha value is -3.33. The molecule has 2 aromatic rings. The molecular weight excluding hydrogens is 410 g/mol. The lowest BCUT2D eigenvalue weighted by Crippen LogP contribution is -2.13. The predicted molar refractivity (Wildman–Crippen MR) is 111 cm³/mol. The molecule has 1 amide bonds. The lowest BCUT2D eigenvalue weighted by Gasteiger charge is -2.05. The second-order valence-electron chi connectivity index (χ2n) is 6.14. The van der Waals surface area contributed by atoms with E-state index in [0.29, 0.717) is 17.1 Å². The van der Waals surface area contributed by atoms with Gasteiger partial charge in [0.15, 0.2) is 11.5 Å². The number of nitrogens with one attached hydrogen (secondary N) is 1. The Bertz CT molecular complexity index is 1010. The van der Waals surface area contributed by atoms with Crippen LogP contribution in [0.5, 0.6) is 11.5 Å². The van der Waals surface area contributed by atoms with Crippen LogP contribution in [0.4, 0.5) is 5.00 Å². The highest BCUT2D eigenvalue weighted by molar-refractivity contribution is 7.18. The number of anilines is 1. The standard InChI is InChI=1S/C21H21NO7S/c1-4-26-20(24)17-12(3)18(21(25)27-5-2)30-19(17)22-16(23)9-7-13-6-8-14-15(10-13)29-11-28-14/h6-10H,4-5,11H2,1-3H3,(H,22,23). The second kappa shape index (κ2) is 9.45. The molecule has 1 aliphatic heterocycles. The topological polar surface area (TPSA) is 100 Å². The maximum Gasteiger partial charge on any atom is 0.348 e. The summed E-state index contributed by atoms with van der Waals surface area (Å²) < 4.78 is 20.7. The Kier molecular flexibility index (Phi) is 6.73. The third-order valence-corrected chi connectivity index (χ3v) is 5.33. The summed E-state index contributed by atoms with van der Waals surface area (Å²) in [6, 6.07) is 5.30. The molecule has 1 aromatic carbocycles. The van der Waals surface area contributed by atoms with Crippen molar-refractivity contribution in [3.05, 3.63) is 45.8 Å². The molecule has 0 saturated heterocycles. The fraction of sp³-hybridized carbons (Fsp3) is 0.286. The average Bonchev–Trinajstić information content (AvgIpc) is 3.30. The molecule has 1 aliphatic rings. The summed E-state index contributed by atoms with van der Waals surface area (Å²) in [5.41, 5.74) is 1.30. The summed E-state index contributed by atoms with van der Waals surface area (Å²) in [7, 11) is 0. The zero-order chi connectivity index (χ0) is 21.7. The van der Waals surface area contributed by atoms with Crippen molar-refractivity contribution in [2.24, 2.45) is 0 Å².